The summed E-state index contributed by atoms with van der Waals surface area (Å²) in [5.74, 6) is 0.0994. The monoisotopic (exact) mass is 339 g/mol. The van der Waals surface area contributed by atoms with E-state index in [-0.39, 0.29) is 11.9 Å². The largest absolute Gasteiger partial charge is 0.348 e. The SMILES string of the molecule is CC(NC(=O)CN1CCCNCC1)c1ccc(Br)cc1. The molecule has 1 saturated heterocycles. The predicted molar refractivity (Wildman–Crippen MR) is 84.6 cm³/mol. The first-order valence-electron chi connectivity index (χ1n) is 7.13. The van der Waals surface area contributed by atoms with Crippen LogP contribution in [0.3, 0.4) is 0 Å². The van der Waals surface area contributed by atoms with Gasteiger partial charge in [0.05, 0.1) is 12.6 Å². The first-order chi connectivity index (χ1) is 9.65. The van der Waals surface area contributed by atoms with Crippen molar-refractivity contribution in [3.8, 4) is 0 Å². The van der Waals surface area contributed by atoms with E-state index in [1.807, 2.05) is 31.2 Å². The molecule has 0 radical (unpaired) electrons. The zero-order valence-corrected chi connectivity index (χ0v) is 13.4. The normalized spacial score (nSPS) is 18.3. The Hall–Kier alpha value is -0.910. The molecule has 4 nitrogen and oxygen atoms in total. The quantitative estimate of drug-likeness (QED) is 0.880. The molecule has 1 aliphatic heterocycles. The fraction of sp³-hybridized carbons (Fsp3) is 0.533. The molecule has 5 heteroatoms. The van der Waals surface area contributed by atoms with Gasteiger partial charge in [-0.05, 0) is 44.1 Å². The van der Waals surface area contributed by atoms with Crippen molar-refractivity contribution in [3.63, 3.8) is 0 Å². The van der Waals surface area contributed by atoms with Crippen LogP contribution in [0.25, 0.3) is 0 Å². The second kappa shape index (κ2) is 7.76. The third-order valence-electron chi connectivity index (χ3n) is 3.55. The topological polar surface area (TPSA) is 44.4 Å². The van der Waals surface area contributed by atoms with Crippen LogP contribution in [-0.4, -0.2) is 43.5 Å². The highest BCUT2D eigenvalue weighted by atomic mass is 79.9. The molecule has 0 aliphatic carbocycles. The van der Waals surface area contributed by atoms with E-state index in [2.05, 4.69) is 31.5 Å². The van der Waals surface area contributed by atoms with Gasteiger partial charge in [0.15, 0.2) is 0 Å². The summed E-state index contributed by atoms with van der Waals surface area (Å²) >= 11 is 3.42. The van der Waals surface area contributed by atoms with Crippen molar-refractivity contribution < 1.29 is 4.79 Å². The predicted octanol–water partition coefficient (Wildman–Crippen LogP) is 1.92. The molecule has 2 rings (SSSR count). The summed E-state index contributed by atoms with van der Waals surface area (Å²) in [6.07, 6.45) is 1.11. The van der Waals surface area contributed by atoms with E-state index in [1.54, 1.807) is 0 Å². The molecule has 1 amide bonds. The van der Waals surface area contributed by atoms with Gasteiger partial charge in [-0.25, -0.2) is 0 Å². The lowest BCUT2D eigenvalue weighted by atomic mass is 10.1. The minimum Gasteiger partial charge on any atom is -0.348 e. The summed E-state index contributed by atoms with van der Waals surface area (Å²) in [5, 5.41) is 6.41. The van der Waals surface area contributed by atoms with Crippen LogP contribution in [0, 0.1) is 0 Å². The average molecular weight is 340 g/mol. The Morgan fingerprint density at radius 2 is 2.10 bits per heavy atom. The summed E-state index contributed by atoms with van der Waals surface area (Å²) < 4.78 is 1.05. The molecule has 0 aromatic heterocycles. The molecule has 20 heavy (non-hydrogen) atoms. The highest BCUT2D eigenvalue weighted by Gasteiger charge is 2.14. The number of hydrogen-bond acceptors (Lipinski definition) is 3. The Bertz CT molecular complexity index is 427. The van der Waals surface area contributed by atoms with Crippen LogP contribution in [0.2, 0.25) is 0 Å². The number of carbonyl (C=O) groups is 1. The summed E-state index contributed by atoms with van der Waals surface area (Å²) in [4.78, 5) is 14.3. The molecule has 1 unspecified atom stereocenters. The van der Waals surface area contributed by atoms with Gasteiger partial charge in [-0.1, -0.05) is 28.1 Å². The van der Waals surface area contributed by atoms with E-state index in [1.165, 1.54) is 0 Å². The van der Waals surface area contributed by atoms with Crippen molar-refractivity contribution in [1.29, 1.82) is 0 Å². The summed E-state index contributed by atoms with van der Waals surface area (Å²) in [5.41, 5.74) is 1.12. The van der Waals surface area contributed by atoms with Gasteiger partial charge in [-0.15, -0.1) is 0 Å². The lowest BCUT2D eigenvalue weighted by molar-refractivity contribution is -0.122. The molecule has 1 heterocycles. The van der Waals surface area contributed by atoms with E-state index in [0.29, 0.717) is 6.54 Å². The number of amides is 1. The van der Waals surface area contributed by atoms with Gasteiger partial charge in [0.1, 0.15) is 0 Å². The van der Waals surface area contributed by atoms with Crippen LogP contribution in [0.5, 0.6) is 0 Å². The van der Waals surface area contributed by atoms with Crippen molar-refractivity contribution in [3.05, 3.63) is 34.3 Å². The molecule has 1 fully saturated rings. The Morgan fingerprint density at radius 1 is 1.35 bits per heavy atom. The van der Waals surface area contributed by atoms with Gasteiger partial charge in [0.25, 0.3) is 0 Å². The Morgan fingerprint density at radius 3 is 2.85 bits per heavy atom. The number of benzene rings is 1. The van der Waals surface area contributed by atoms with E-state index < -0.39 is 0 Å². The molecule has 1 aliphatic rings. The standard InChI is InChI=1S/C15H22BrN3O/c1-12(13-3-5-14(16)6-4-13)18-15(20)11-19-9-2-7-17-8-10-19/h3-6,12,17H,2,7-11H2,1H3,(H,18,20). The lowest BCUT2D eigenvalue weighted by Crippen LogP contribution is -2.39. The smallest absolute Gasteiger partial charge is 0.234 e. The molecule has 1 aromatic carbocycles. The molecular formula is C15H22BrN3O. The fourth-order valence-corrected chi connectivity index (χ4v) is 2.65. The van der Waals surface area contributed by atoms with E-state index in [9.17, 15) is 4.79 Å². The maximum absolute atomic E-state index is 12.1. The molecule has 1 aromatic rings. The molecule has 110 valence electrons. The van der Waals surface area contributed by atoms with Crippen LogP contribution in [0.1, 0.15) is 24.9 Å². The highest BCUT2D eigenvalue weighted by Crippen LogP contribution is 2.16. The second-order valence-electron chi connectivity index (χ2n) is 5.22. The Kier molecular flexibility index (Phi) is 6.01. The van der Waals surface area contributed by atoms with E-state index in [0.717, 1.165) is 42.6 Å². The number of hydrogen-bond donors (Lipinski definition) is 2. The van der Waals surface area contributed by atoms with E-state index >= 15 is 0 Å². The first-order valence-corrected chi connectivity index (χ1v) is 7.92. The molecular weight excluding hydrogens is 318 g/mol. The summed E-state index contributed by atoms with van der Waals surface area (Å²) in [6.45, 7) is 6.46. The minimum atomic E-state index is 0.0423. The fourth-order valence-electron chi connectivity index (χ4n) is 2.38. The van der Waals surface area contributed by atoms with Crippen LogP contribution in [0.4, 0.5) is 0 Å². The maximum atomic E-state index is 12.1. The van der Waals surface area contributed by atoms with E-state index in [4.69, 9.17) is 0 Å². The molecule has 0 saturated carbocycles. The number of nitrogens with one attached hydrogen (secondary N) is 2. The number of rotatable bonds is 4. The van der Waals surface area contributed by atoms with Gasteiger partial charge in [-0.3, -0.25) is 9.69 Å². The van der Waals surface area contributed by atoms with Crippen LogP contribution < -0.4 is 10.6 Å². The summed E-state index contributed by atoms with van der Waals surface area (Å²) in [6, 6.07) is 8.10. The lowest BCUT2D eigenvalue weighted by Gasteiger charge is -2.21. The van der Waals surface area contributed by atoms with Crippen molar-refractivity contribution in [1.82, 2.24) is 15.5 Å². The second-order valence-corrected chi connectivity index (χ2v) is 6.14. The first kappa shape index (κ1) is 15.5. The van der Waals surface area contributed by atoms with Crippen LogP contribution in [0.15, 0.2) is 28.7 Å². The zero-order chi connectivity index (χ0) is 14.4. The number of nitrogens with zero attached hydrogens (tertiary/aromatic N) is 1. The van der Waals surface area contributed by atoms with Crippen LogP contribution >= 0.6 is 15.9 Å². The number of halogens is 1. The third-order valence-corrected chi connectivity index (χ3v) is 4.08. The third kappa shape index (κ3) is 4.89. The van der Waals surface area contributed by atoms with Crippen LogP contribution in [-0.2, 0) is 4.79 Å². The molecule has 2 N–H and O–H groups in total. The van der Waals surface area contributed by atoms with Gasteiger partial charge in [-0.2, -0.15) is 0 Å². The van der Waals surface area contributed by atoms with Gasteiger partial charge in [0.2, 0.25) is 5.91 Å². The Labute approximate surface area is 129 Å². The average Bonchev–Trinajstić information content (AvgIpc) is 2.68. The number of carbonyl (C=O) groups excluding carboxylic acids is 1. The molecule has 1 atom stereocenters. The Balaban J connectivity index is 1.82. The van der Waals surface area contributed by atoms with Crippen molar-refractivity contribution in [2.45, 2.75) is 19.4 Å². The molecule has 0 spiro atoms. The van der Waals surface area contributed by atoms with Crippen molar-refractivity contribution in [2.24, 2.45) is 0 Å². The van der Waals surface area contributed by atoms with Gasteiger partial charge >= 0.3 is 0 Å². The minimum absolute atomic E-state index is 0.0423. The summed E-state index contributed by atoms with van der Waals surface area (Å²) in [7, 11) is 0. The molecule has 0 bridgehead atoms. The maximum Gasteiger partial charge on any atom is 0.234 e. The highest BCUT2D eigenvalue weighted by molar-refractivity contribution is 9.10. The zero-order valence-electron chi connectivity index (χ0n) is 11.9. The van der Waals surface area contributed by atoms with Crippen molar-refractivity contribution in [2.75, 3.05) is 32.7 Å². The van der Waals surface area contributed by atoms with Gasteiger partial charge < -0.3 is 10.6 Å². The van der Waals surface area contributed by atoms with Crippen molar-refractivity contribution >= 4 is 21.8 Å². The van der Waals surface area contributed by atoms with Gasteiger partial charge in [0, 0.05) is 17.6 Å².